The molecule has 0 radical (unpaired) electrons. The highest BCUT2D eigenvalue weighted by Gasteiger charge is 2.10. The largest absolute Gasteiger partial charge is 0.306 e. The predicted molar refractivity (Wildman–Crippen MR) is 58.9 cm³/mol. The predicted octanol–water partition coefficient (Wildman–Crippen LogP) is 3.15. The van der Waals surface area contributed by atoms with Gasteiger partial charge in [0.05, 0.1) is 0 Å². The summed E-state index contributed by atoms with van der Waals surface area (Å²) in [7, 11) is 2.27. The van der Waals surface area contributed by atoms with E-state index in [1.807, 2.05) is 0 Å². The second-order valence-corrected chi connectivity index (χ2v) is 5.05. The number of hydrogen-bond acceptors (Lipinski definition) is 1. The molecule has 0 N–H and O–H groups in total. The first-order valence-electron chi connectivity index (χ1n) is 5.87. The zero-order chi connectivity index (χ0) is 9.68. The van der Waals surface area contributed by atoms with Crippen LogP contribution in [0.5, 0.6) is 0 Å². The molecule has 13 heavy (non-hydrogen) atoms. The molecule has 1 heterocycles. The van der Waals surface area contributed by atoms with Crippen LogP contribution in [-0.2, 0) is 0 Å². The summed E-state index contributed by atoms with van der Waals surface area (Å²) in [5.74, 6) is 1.86. The van der Waals surface area contributed by atoms with Crippen LogP contribution in [0.15, 0.2) is 0 Å². The van der Waals surface area contributed by atoms with E-state index >= 15 is 0 Å². The Bertz CT molecular complexity index is 119. The molecule has 0 spiro atoms. The minimum absolute atomic E-state index is 0.898. The Morgan fingerprint density at radius 2 is 1.54 bits per heavy atom. The van der Waals surface area contributed by atoms with Gasteiger partial charge in [-0.15, -0.1) is 0 Å². The van der Waals surface area contributed by atoms with Gasteiger partial charge in [-0.3, -0.25) is 0 Å². The van der Waals surface area contributed by atoms with Crippen molar-refractivity contribution in [2.75, 3.05) is 20.1 Å². The van der Waals surface area contributed by atoms with E-state index in [4.69, 9.17) is 0 Å². The van der Waals surface area contributed by atoms with E-state index in [0.717, 1.165) is 11.8 Å². The second kappa shape index (κ2) is 5.64. The summed E-state index contributed by atoms with van der Waals surface area (Å²) in [4.78, 5) is 2.50. The first-order chi connectivity index (χ1) is 6.18. The summed E-state index contributed by atoms with van der Waals surface area (Å²) in [6, 6.07) is 0. The molecule has 0 saturated carbocycles. The van der Waals surface area contributed by atoms with Crippen molar-refractivity contribution in [1.82, 2.24) is 4.90 Å². The van der Waals surface area contributed by atoms with Gasteiger partial charge >= 0.3 is 0 Å². The summed E-state index contributed by atoms with van der Waals surface area (Å²) in [6.07, 6.45) is 7.14. The van der Waals surface area contributed by atoms with Crippen molar-refractivity contribution in [3.8, 4) is 0 Å². The van der Waals surface area contributed by atoms with Crippen LogP contribution in [-0.4, -0.2) is 25.0 Å². The third-order valence-corrected chi connectivity index (χ3v) is 3.25. The summed E-state index contributed by atoms with van der Waals surface area (Å²) < 4.78 is 0. The topological polar surface area (TPSA) is 3.24 Å². The second-order valence-electron chi connectivity index (χ2n) is 5.05. The van der Waals surface area contributed by atoms with Gasteiger partial charge in [0, 0.05) is 6.54 Å². The first kappa shape index (κ1) is 11.0. The van der Waals surface area contributed by atoms with Gasteiger partial charge in [-0.2, -0.15) is 0 Å². The van der Waals surface area contributed by atoms with Crippen molar-refractivity contribution in [2.24, 2.45) is 11.8 Å². The highest BCUT2D eigenvalue weighted by atomic mass is 15.1. The van der Waals surface area contributed by atoms with Gasteiger partial charge in [0.15, 0.2) is 0 Å². The molecular weight excluding hydrogens is 158 g/mol. The third-order valence-electron chi connectivity index (χ3n) is 3.25. The van der Waals surface area contributed by atoms with Crippen molar-refractivity contribution >= 4 is 0 Å². The lowest BCUT2D eigenvalue weighted by Crippen LogP contribution is -2.26. The van der Waals surface area contributed by atoms with Crippen molar-refractivity contribution in [1.29, 1.82) is 0 Å². The van der Waals surface area contributed by atoms with E-state index in [2.05, 4.69) is 25.8 Å². The molecular formula is C12H25N. The van der Waals surface area contributed by atoms with Crippen molar-refractivity contribution in [3.63, 3.8) is 0 Å². The Morgan fingerprint density at radius 1 is 0.923 bits per heavy atom. The SMILES string of the molecule is CC1CCCC(C)CN(C)CCC1. The Hall–Kier alpha value is -0.0400. The van der Waals surface area contributed by atoms with E-state index < -0.39 is 0 Å². The fourth-order valence-electron chi connectivity index (χ4n) is 2.38. The first-order valence-corrected chi connectivity index (χ1v) is 5.87. The molecule has 0 bridgehead atoms. The quantitative estimate of drug-likeness (QED) is 0.557. The molecule has 1 heteroatoms. The lowest BCUT2D eigenvalue weighted by atomic mass is 9.94. The lowest BCUT2D eigenvalue weighted by Gasteiger charge is -2.24. The van der Waals surface area contributed by atoms with Crippen LogP contribution in [0.25, 0.3) is 0 Å². The molecule has 1 fully saturated rings. The molecule has 1 nitrogen and oxygen atoms in total. The zero-order valence-electron chi connectivity index (χ0n) is 9.55. The van der Waals surface area contributed by atoms with E-state index in [1.54, 1.807) is 0 Å². The van der Waals surface area contributed by atoms with Crippen molar-refractivity contribution < 1.29 is 0 Å². The molecule has 78 valence electrons. The Kier molecular flexibility index (Phi) is 4.79. The Morgan fingerprint density at radius 3 is 2.31 bits per heavy atom. The van der Waals surface area contributed by atoms with Gasteiger partial charge in [0.2, 0.25) is 0 Å². The van der Waals surface area contributed by atoms with Crippen LogP contribution >= 0.6 is 0 Å². The van der Waals surface area contributed by atoms with Crippen LogP contribution in [0.2, 0.25) is 0 Å². The monoisotopic (exact) mass is 183 g/mol. The summed E-state index contributed by atoms with van der Waals surface area (Å²) in [5.41, 5.74) is 0. The fourth-order valence-corrected chi connectivity index (χ4v) is 2.38. The van der Waals surface area contributed by atoms with Gasteiger partial charge in [0.25, 0.3) is 0 Å². The minimum atomic E-state index is 0.898. The highest BCUT2D eigenvalue weighted by Crippen LogP contribution is 2.19. The Balaban J connectivity index is 2.32. The lowest BCUT2D eigenvalue weighted by molar-refractivity contribution is 0.248. The van der Waals surface area contributed by atoms with Crippen LogP contribution in [0, 0.1) is 11.8 Å². The zero-order valence-corrected chi connectivity index (χ0v) is 9.55. The van der Waals surface area contributed by atoms with E-state index in [9.17, 15) is 0 Å². The van der Waals surface area contributed by atoms with Gasteiger partial charge in [-0.05, 0) is 44.7 Å². The molecule has 1 aliphatic heterocycles. The molecule has 0 aliphatic carbocycles. The van der Waals surface area contributed by atoms with Crippen LogP contribution in [0.3, 0.4) is 0 Å². The molecule has 1 rings (SSSR count). The average molecular weight is 183 g/mol. The van der Waals surface area contributed by atoms with Crippen molar-refractivity contribution in [3.05, 3.63) is 0 Å². The number of nitrogens with zero attached hydrogens (tertiary/aromatic N) is 1. The minimum Gasteiger partial charge on any atom is -0.306 e. The van der Waals surface area contributed by atoms with Crippen molar-refractivity contribution in [2.45, 2.75) is 46.0 Å². The van der Waals surface area contributed by atoms with Crippen LogP contribution in [0.4, 0.5) is 0 Å². The standard InChI is InChI=1S/C12H25N/c1-11-6-4-7-12(2)10-13(3)9-5-8-11/h11-12H,4-10H2,1-3H3. The smallest absolute Gasteiger partial charge is 0.000397 e. The van der Waals surface area contributed by atoms with Gasteiger partial charge < -0.3 is 4.90 Å². The average Bonchev–Trinajstić information content (AvgIpc) is 2.03. The number of rotatable bonds is 0. The van der Waals surface area contributed by atoms with Crippen LogP contribution < -0.4 is 0 Å². The molecule has 1 aliphatic rings. The molecule has 0 aromatic heterocycles. The van der Waals surface area contributed by atoms with E-state index in [0.29, 0.717) is 0 Å². The molecule has 2 unspecified atom stereocenters. The van der Waals surface area contributed by atoms with Gasteiger partial charge in [0.1, 0.15) is 0 Å². The highest BCUT2D eigenvalue weighted by molar-refractivity contribution is 4.64. The summed E-state index contributed by atoms with van der Waals surface area (Å²) in [6.45, 7) is 7.40. The molecule has 0 amide bonds. The summed E-state index contributed by atoms with van der Waals surface area (Å²) in [5, 5.41) is 0. The van der Waals surface area contributed by atoms with Crippen LogP contribution in [0.1, 0.15) is 46.0 Å². The Labute approximate surface area is 83.5 Å². The normalized spacial score (nSPS) is 34.4. The van der Waals surface area contributed by atoms with E-state index in [1.165, 1.54) is 45.2 Å². The van der Waals surface area contributed by atoms with E-state index in [-0.39, 0.29) is 0 Å². The maximum absolute atomic E-state index is 2.50. The fraction of sp³-hybridized carbons (Fsp3) is 1.00. The maximum atomic E-state index is 2.50. The van der Waals surface area contributed by atoms with Gasteiger partial charge in [-0.1, -0.05) is 26.7 Å². The molecule has 0 aromatic carbocycles. The molecule has 1 saturated heterocycles. The third kappa shape index (κ3) is 4.66. The molecule has 2 atom stereocenters. The number of hydrogen-bond donors (Lipinski definition) is 0. The summed E-state index contributed by atoms with van der Waals surface area (Å²) >= 11 is 0. The maximum Gasteiger partial charge on any atom is 0.000397 e. The van der Waals surface area contributed by atoms with Gasteiger partial charge in [-0.25, -0.2) is 0 Å². The molecule has 0 aromatic rings.